The number of hydrogen-bond acceptors (Lipinski definition) is 7. The van der Waals surface area contributed by atoms with Gasteiger partial charge in [-0.1, -0.05) is 0 Å². The molecule has 4 rings (SSSR count). The van der Waals surface area contributed by atoms with Crippen LogP contribution in [0.25, 0.3) is 0 Å². The molecule has 24 heavy (non-hydrogen) atoms. The van der Waals surface area contributed by atoms with E-state index in [-0.39, 0.29) is 0 Å². The van der Waals surface area contributed by atoms with E-state index in [1.54, 1.807) is 12.3 Å². The fourth-order valence-electron chi connectivity index (χ4n) is 2.90. The van der Waals surface area contributed by atoms with Crippen LogP contribution in [0.1, 0.15) is 35.9 Å². The molecule has 0 atom stereocenters. The average Bonchev–Trinajstić information content (AvgIpc) is 3.41. The highest BCUT2D eigenvalue weighted by Gasteiger charge is 2.32. The lowest BCUT2D eigenvalue weighted by Crippen LogP contribution is -2.47. The number of nitriles is 2. The van der Waals surface area contributed by atoms with E-state index < -0.39 is 0 Å². The van der Waals surface area contributed by atoms with Gasteiger partial charge in [-0.15, -0.1) is 0 Å². The second-order valence-electron chi connectivity index (χ2n) is 6.08. The van der Waals surface area contributed by atoms with Crippen LogP contribution >= 0.6 is 0 Å². The Hall–Kier alpha value is -3.06. The second-order valence-corrected chi connectivity index (χ2v) is 6.08. The molecule has 2 aromatic rings. The van der Waals surface area contributed by atoms with E-state index in [2.05, 4.69) is 31.9 Å². The van der Waals surface area contributed by atoms with Crippen LogP contribution in [0.2, 0.25) is 0 Å². The summed E-state index contributed by atoms with van der Waals surface area (Å²) in [7, 11) is 0. The van der Waals surface area contributed by atoms with Crippen LogP contribution in [0.4, 0.5) is 11.7 Å². The molecule has 0 unspecified atom stereocenters. The van der Waals surface area contributed by atoms with Crippen LogP contribution in [0.3, 0.4) is 0 Å². The summed E-state index contributed by atoms with van der Waals surface area (Å²) >= 11 is 0. The Balaban J connectivity index is 1.46. The lowest BCUT2D eigenvalue weighted by atomic mass is 10.2. The summed E-state index contributed by atoms with van der Waals surface area (Å²) in [6.07, 6.45) is 3.79. The van der Waals surface area contributed by atoms with Crippen LogP contribution in [0.5, 0.6) is 0 Å². The number of piperazine rings is 1. The Morgan fingerprint density at radius 1 is 1.04 bits per heavy atom. The molecule has 1 aliphatic carbocycles. The first kappa shape index (κ1) is 14.5. The van der Waals surface area contributed by atoms with Gasteiger partial charge < -0.3 is 14.2 Å². The molecule has 7 nitrogen and oxygen atoms in total. The molecule has 2 aliphatic rings. The predicted octanol–water partition coefficient (Wildman–Crippen LogP) is 2.02. The van der Waals surface area contributed by atoms with Gasteiger partial charge in [-0.25, -0.2) is 9.97 Å². The summed E-state index contributed by atoms with van der Waals surface area (Å²) in [5.41, 5.74) is 0.951. The molecule has 3 heterocycles. The molecule has 1 saturated carbocycles. The normalized spacial score (nSPS) is 17.4. The monoisotopic (exact) mass is 320 g/mol. The number of pyridine rings is 1. The highest BCUT2D eigenvalue weighted by Crippen LogP contribution is 2.41. The van der Waals surface area contributed by atoms with Crippen molar-refractivity contribution in [2.24, 2.45) is 0 Å². The summed E-state index contributed by atoms with van der Waals surface area (Å²) in [5.74, 6) is 2.57. The van der Waals surface area contributed by atoms with Gasteiger partial charge in [0, 0.05) is 38.3 Å². The van der Waals surface area contributed by atoms with Crippen LogP contribution in [-0.4, -0.2) is 36.1 Å². The highest BCUT2D eigenvalue weighted by atomic mass is 16.4. The van der Waals surface area contributed by atoms with Crippen molar-refractivity contribution < 1.29 is 4.42 Å². The van der Waals surface area contributed by atoms with Gasteiger partial charge in [0.05, 0.1) is 5.56 Å². The lowest BCUT2D eigenvalue weighted by Gasteiger charge is -2.35. The quantitative estimate of drug-likeness (QED) is 0.854. The van der Waals surface area contributed by atoms with Gasteiger partial charge in [-0.05, 0) is 25.0 Å². The van der Waals surface area contributed by atoms with E-state index in [0.29, 0.717) is 29.0 Å². The van der Waals surface area contributed by atoms with Crippen molar-refractivity contribution in [3.63, 3.8) is 0 Å². The molecule has 120 valence electrons. The van der Waals surface area contributed by atoms with E-state index in [1.165, 1.54) is 0 Å². The van der Waals surface area contributed by atoms with Crippen molar-refractivity contribution >= 4 is 11.7 Å². The Morgan fingerprint density at radius 2 is 1.79 bits per heavy atom. The zero-order valence-electron chi connectivity index (χ0n) is 13.1. The molecule has 2 fully saturated rings. The fourth-order valence-corrected chi connectivity index (χ4v) is 2.90. The predicted molar refractivity (Wildman–Crippen MR) is 86.6 cm³/mol. The molecule has 0 radical (unpaired) electrons. The molecule has 0 aromatic carbocycles. The molecule has 0 amide bonds. The SMILES string of the molecule is N#Cc1ccc(N2CCN(c3oc(C4CC4)nc3C#N)CC2)nc1. The maximum absolute atomic E-state index is 9.30. The number of nitrogens with zero attached hydrogens (tertiary/aromatic N) is 6. The van der Waals surface area contributed by atoms with Crippen LogP contribution < -0.4 is 9.80 Å². The van der Waals surface area contributed by atoms with E-state index in [1.807, 2.05) is 6.07 Å². The number of rotatable bonds is 3. The standard InChI is InChI=1S/C17H16N6O/c18-9-12-1-4-15(20-11-12)22-5-7-23(8-6-22)17-14(10-19)21-16(24-17)13-2-3-13/h1,4,11,13H,2-3,5-8H2. The van der Waals surface area contributed by atoms with Gasteiger partial charge in [0.2, 0.25) is 17.5 Å². The van der Waals surface area contributed by atoms with Gasteiger partial charge in [-0.3, -0.25) is 0 Å². The third-order valence-electron chi connectivity index (χ3n) is 4.43. The van der Waals surface area contributed by atoms with Gasteiger partial charge in [0.15, 0.2) is 0 Å². The minimum absolute atomic E-state index is 0.391. The minimum atomic E-state index is 0.391. The number of hydrogen-bond donors (Lipinski definition) is 0. The van der Waals surface area contributed by atoms with Crippen LogP contribution in [-0.2, 0) is 0 Å². The van der Waals surface area contributed by atoms with Crippen molar-refractivity contribution in [2.45, 2.75) is 18.8 Å². The molecular weight excluding hydrogens is 304 g/mol. The molecule has 1 saturated heterocycles. The van der Waals surface area contributed by atoms with Crippen molar-refractivity contribution in [3.8, 4) is 12.1 Å². The Bertz CT molecular complexity index is 816. The van der Waals surface area contributed by atoms with E-state index in [0.717, 1.165) is 44.8 Å². The number of oxazole rings is 1. The Morgan fingerprint density at radius 3 is 2.38 bits per heavy atom. The maximum atomic E-state index is 9.30. The Kier molecular flexibility index (Phi) is 3.55. The summed E-state index contributed by atoms with van der Waals surface area (Å²) < 4.78 is 5.86. The van der Waals surface area contributed by atoms with Gasteiger partial charge in [0.25, 0.3) is 0 Å². The van der Waals surface area contributed by atoms with Crippen molar-refractivity contribution in [1.82, 2.24) is 9.97 Å². The van der Waals surface area contributed by atoms with Gasteiger partial charge in [0.1, 0.15) is 18.0 Å². The molecule has 0 spiro atoms. The fraction of sp³-hybridized carbons (Fsp3) is 0.412. The van der Waals surface area contributed by atoms with E-state index in [9.17, 15) is 5.26 Å². The molecule has 1 aliphatic heterocycles. The second kappa shape index (κ2) is 5.86. The topological polar surface area (TPSA) is 93.0 Å². The lowest BCUT2D eigenvalue weighted by molar-refractivity contribution is 0.478. The zero-order valence-corrected chi connectivity index (χ0v) is 13.1. The van der Waals surface area contributed by atoms with Crippen LogP contribution in [0.15, 0.2) is 22.7 Å². The first-order chi connectivity index (χ1) is 11.8. The van der Waals surface area contributed by atoms with Gasteiger partial charge >= 0.3 is 0 Å². The third-order valence-corrected chi connectivity index (χ3v) is 4.43. The van der Waals surface area contributed by atoms with Crippen molar-refractivity contribution in [2.75, 3.05) is 36.0 Å². The summed E-state index contributed by atoms with van der Waals surface area (Å²) in [4.78, 5) is 12.9. The summed E-state index contributed by atoms with van der Waals surface area (Å²) in [6.45, 7) is 3.05. The highest BCUT2D eigenvalue weighted by molar-refractivity contribution is 5.51. The molecule has 7 heteroatoms. The summed E-state index contributed by atoms with van der Waals surface area (Å²) in [5, 5.41) is 18.1. The first-order valence-corrected chi connectivity index (χ1v) is 8.05. The van der Waals surface area contributed by atoms with E-state index in [4.69, 9.17) is 9.68 Å². The molecule has 0 N–H and O–H groups in total. The smallest absolute Gasteiger partial charge is 0.234 e. The third kappa shape index (κ3) is 2.65. The molecule has 0 bridgehead atoms. The minimum Gasteiger partial charge on any atom is -0.423 e. The molecular formula is C17H16N6O. The van der Waals surface area contributed by atoms with E-state index >= 15 is 0 Å². The largest absolute Gasteiger partial charge is 0.423 e. The number of anilines is 2. The Labute approximate surface area is 139 Å². The van der Waals surface area contributed by atoms with Crippen LogP contribution in [0, 0.1) is 22.7 Å². The first-order valence-electron chi connectivity index (χ1n) is 8.05. The van der Waals surface area contributed by atoms with Gasteiger partial charge in [-0.2, -0.15) is 10.5 Å². The molecule has 2 aromatic heterocycles. The van der Waals surface area contributed by atoms with Crippen molar-refractivity contribution in [1.29, 1.82) is 10.5 Å². The average molecular weight is 320 g/mol. The zero-order chi connectivity index (χ0) is 16.5. The summed E-state index contributed by atoms with van der Waals surface area (Å²) in [6, 6.07) is 7.87. The number of aromatic nitrogens is 2. The maximum Gasteiger partial charge on any atom is 0.234 e. The van der Waals surface area contributed by atoms with Crippen molar-refractivity contribution in [3.05, 3.63) is 35.5 Å².